The van der Waals surface area contributed by atoms with E-state index in [2.05, 4.69) is 110 Å². The van der Waals surface area contributed by atoms with E-state index >= 15 is 0 Å². The van der Waals surface area contributed by atoms with E-state index in [9.17, 15) is 8.42 Å². The molecule has 0 amide bonds. The Labute approximate surface area is 268 Å². The van der Waals surface area contributed by atoms with Crippen LogP contribution in [0.4, 0.5) is 0 Å². The molecule has 42 heavy (non-hydrogen) atoms. The van der Waals surface area contributed by atoms with Crippen molar-refractivity contribution in [3.8, 4) is 0 Å². The van der Waals surface area contributed by atoms with Gasteiger partial charge in [0.15, 0.2) is 26.5 Å². The van der Waals surface area contributed by atoms with Crippen molar-refractivity contribution >= 4 is 42.4 Å². The minimum atomic E-state index is -3.64. The van der Waals surface area contributed by atoms with Gasteiger partial charge in [-0.25, -0.2) is 8.42 Å². The van der Waals surface area contributed by atoms with Crippen LogP contribution in [-0.2, 0) is 23.4 Å². The first-order chi connectivity index (χ1) is 19.0. The maximum atomic E-state index is 13.9. The fourth-order valence-electron chi connectivity index (χ4n) is 4.41. The van der Waals surface area contributed by atoms with Crippen LogP contribution in [0.3, 0.4) is 0 Å². The van der Waals surface area contributed by atoms with Crippen LogP contribution in [0, 0.1) is 5.92 Å². The Hall–Kier alpha value is -0.556. The summed E-state index contributed by atoms with van der Waals surface area (Å²) in [5.74, 6) is -0.588. The lowest BCUT2D eigenvalue weighted by Gasteiger charge is -2.42. The summed E-state index contributed by atoms with van der Waals surface area (Å²) in [5, 5.41) is 0.807. The van der Waals surface area contributed by atoms with E-state index in [4.69, 9.17) is 13.6 Å². The Morgan fingerprint density at radius 1 is 1.07 bits per heavy atom. The maximum Gasteiger partial charge on any atom is 0.192 e. The summed E-state index contributed by atoms with van der Waals surface area (Å²) in [4.78, 5) is 0.314. The van der Waals surface area contributed by atoms with E-state index in [1.807, 2.05) is 6.07 Å². The second-order valence-corrected chi connectivity index (χ2v) is 27.5. The number of halogens is 1. The number of benzene rings is 1. The van der Waals surface area contributed by atoms with Gasteiger partial charge >= 0.3 is 0 Å². The molecule has 1 saturated heterocycles. The summed E-state index contributed by atoms with van der Waals surface area (Å²) in [5.41, 5.74) is 1.65. The van der Waals surface area contributed by atoms with Crippen molar-refractivity contribution in [1.82, 2.24) is 0 Å². The minimum absolute atomic E-state index is 0.0227. The quantitative estimate of drug-likeness (QED) is 0.0790. The Balaban J connectivity index is 2.55. The molecule has 1 aliphatic heterocycles. The van der Waals surface area contributed by atoms with Gasteiger partial charge in [0, 0.05) is 11.2 Å². The molecule has 0 aliphatic carbocycles. The van der Waals surface area contributed by atoms with Crippen LogP contribution in [0.25, 0.3) is 0 Å². The fourth-order valence-corrected chi connectivity index (χ4v) is 8.60. The predicted octanol–water partition coefficient (Wildman–Crippen LogP) is 9.32. The molecule has 1 fully saturated rings. The molecule has 4 atom stereocenters. The van der Waals surface area contributed by atoms with Crippen molar-refractivity contribution in [3.63, 3.8) is 0 Å². The lowest BCUT2D eigenvalue weighted by molar-refractivity contribution is 0.104. The van der Waals surface area contributed by atoms with Gasteiger partial charge in [0.05, 0.1) is 29.0 Å². The van der Waals surface area contributed by atoms with Gasteiger partial charge in [-0.05, 0) is 80.7 Å². The third-order valence-electron chi connectivity index (χ3n) is 9.67. The van der Waals surface area contributed by atoms with Gasteiger partial charge in [0.1, 0.15) is 6.10 Å². The zero-order valence-electron chi connectivity index (χ0n) is 28.3. The summed E-state index contributed by atoms with van der Waals surface area (Å²) >= 11 is 3.53. The summed E-state index contributed by atoms with van der Waals surface area (Å²) in [6, 6.07) is 8.71. The number of hydrogen-bond donors (Lipinski definition) is 0. The predicted molar refractivity (Wildman–Crippen MR) is 186 cm³/mol. The van der Waals surface area contributed by atoms with Gasteiger partial charge in [-0.2, -0.15) is 0 Å². The zero-order chi connectivity index (χ0) is 32.4. The van der Waals surface area contributed by atoms with E-state index < -0.39 is 44.1 Å². The van der Waals surface area contributed by atoms with Gasteiger partial charge in [0.2, 0.25) is 0 Å². The van der Waals surface area contributed by atoms with Crippen molar-refractivity contribution in [1.29, 1.82) is 0 Å². The zero-order valence-corrected chi connectivity index (χ0v) is 32.7. The van der Waals surface area contributed by atoms with Crippen molar-refractivity contribution in [3.05, 3.63) is 54.1 Å². The number of sulfone groups is 1. The maximum absolute atomic E-state index is 13.9. The summed E-state index contributed by atoms with van der Waals surface area (Å²) in [7, 11) is -8.07. The molecule has 0 radical (unpaired) electrons. The molecule has 2 rings (SSSR count). The smallest absolute Gasteiger partial charge is 0.192 e. The monoisotopic (exact) mass is 700 g/mol. The van der Waals surface area contributed by atoms with Crippen LogP contribution in [-0.4, -0.2) is 60.6 Å². The molecule has 1 aliphatic rings. The first-order valence-corrected chi connectivity index (χ1v) is 23.7. The van der Waals surface area contributed by atoms with Crippen LogP contribution in [0.5, 0.6) is 0 Å². The van der Waals surface area contributed by atoms with Crippen molar-refractivity contribution < 1.29 is 22.0 Å². The van der Waals surface area contributed by atoms with E-state index in [-0.39, 0.29) is 21.9 Å². The number of hydrogen-bond acceptors (Lipinski definition) is 5. The first kappa shape index (κ1) is 37.6. The van der Waals surface area contributed by atoms with E-state index in [1.165, 1.54) is 5.57 Å². The second kappa shape index (κ2) is 13.8. The third-order valence-corrected chi connectivity index (χ3v) is 21.3. The topological polar surface area (TPSA) is 65.1 Å². The molecule has 1 aromatic carbocycles. The highest BCUT2D eigenvalue weighted by atomic mass is 79.9. The fraction of sp³-hybridized carbons (Fsp3) is 0.697. The van der Waals surface area contributed by atoms with Crippen molar-refractivity contribution in [2.24, 2.45) is 5.92 Å². The Kier molecular flexibility index (Phi) is 12.4. The van der Waals surface area contributed by atoms with Gasteiger partial charge in [-0.1, -0.05) is 93.9 Å². The average Bonchev–Trinajstić information content (AvgIpc) is 3.54. The summed E-state index contributed by atoms with van der Waals surface area (Å²) in [6.45, 7) is 31.2. The van der Waals surface area contributed by atoms with E-state index in [0.717, 1.165) is 23.7 Å². The molecule has 240 valence electrons. The summed E-state index contributed by atoms with van der Waals surface area (Å²) in [6.07, 6.45) is 3.28. The van der Waals surface area contributed by atoms with Crippen molar-refractivity contribution in [2.45, 2.75) is 127 Å². The normalized spacial score (nSPS) is 22.1. The number of rotatable bonds is 15. The highest BCUT2D eigenvalue weighted by molar-refractivity contribution is 9.09. The van der Waals surface area contributed by atoms with Crippen LogP contribution < -0.4 is 0 Å². The van der Waals surface area contributed by atoms with Gasteiger partial charge in [-0.15, -0.1) is 0 Å². The van der Waals surface area contributed by atoms with Gasteiger partial charge in [0.25, 0.3) is 0 Å². The third kappa shape index (κ3) is 9.72. The Bertz CT molecular complexity index is 1200. The minimum Gasteiger partial charge on any atom is -0.413 e. The molecule has 0 spiro atoms. The highest BCUT2D eigenvalue weighted by Crippen LogP contribution is 2.49. The lowest BCUT2D eigenvalue weighted by Crippen LogP contribution is -2.50. The molecule has 9 heteroatoms. The number of ether oxygens (including phenoxy) is 1. The van der Waals surface area contributed by atoms with Crippen molar-refractivity contribution in [2.75, 3.05) is 17.7 Å². The molecule has 0 saturated carbocycles. The molecule has 0 N–H and O–H groups in total. The second-order valence-electron chi connectivity index (χ2n) is 15.3. The highest BCUT2D eigenvalue weighted by Gasteiger charge is 2.60. The van der Waals surface area contributed by atoms with Crippen LogP contribution in [0.15, 0.2) is 59.0 Å². The molecular weight excluding hydrogens is 645 g/mol. The molecule has 1 heterocycles. The number of epoxide rings is 1. The molecule has 0 aromatic heterocycles. The number of allylic oxidation sites excluding steroid dienone is 2. The lowest BCUT2D eigenvalue weighted by atomic mass is 9.88. The average molecular weight is 702 g/mol. The standard InChI is InChI=1S/C33H57BrO5SSi2/c1-25(22-34)18-17-21-33(9)30(38-33)29(39-42(12,13)32(6,7)8)28(24-40(35,36)27-19-15-14-16-20-27)26(2)23-37-41(10,11)31(3,4)5/h14-16,18-20,28-30H,2,17,21-24H2,1,3-13H3/b25-18+/t28-,29-,30-,33-/m1/s1. The summed E-state index contributed by atoms with van der Waals surface area (Å²) < 4.78 is 48.0. The number of alkyl halides is 1. The Morgan fingerprint density at radius 3 is 2.12 bits per heavy atom. The molecular formula is C33H57BrO5SSi2. The van der Waals surface area contributed by atoms with Gasteiger partial charge < -0.3 is 13.6 Å². The van der Waals surface area contributed by atoms with Crippen LogP contribution in [0.1, 0.15) is 68.2 Å². The molecule has 1 aromatic rings. The van der Waals surface area contributed by atoms with Crippen LogP contribution in [0.2, 0.25) is 36.3 Å². The molecule has 0 unspecified atom stereocenters. The first-order valence-electron chi connectivity index (χ1n) is 15.1. The molecule has 5 nitrogen and oxygen atoms in total. The van der Waals surface area contributed by atoms with Gasteiger partial charge in [-0.3, -0.25) is 0 Å². The van der Waals surface area contributed by atoms with Crippen LogP contribution >= 0.6 is 15.9 Å². The molecule has 0 bridgehead atoms. The largest absolute Gasteiger partial charge is 0.413 e. The van der Waals surface area contributed by atoms with E-state index in [1.54, 1.807) is 24.3 Å². The Morgan fingerprint density at radius 2 is 1.62 bits per heavy atom. The SMILES string of the molecule is C=C(CO[Si](C)(C)C(C)(C)C)[C@@H](CS(=O)(=O)c1ccccc1)[C@@H](O[Si](C)(C)C(C)(C)C)[C@H]1O[C@]1(C)CC/C=C(\C)CBr. The van der Waals surface area contributed by atoms with E-state index in [0.29, 0.717) is 11.5 Å².